The van der Waals surface area contributed by atoms with Crippen molar-refractivity contribution in [2.75, 3.05) is 12.4 Å². The lowest BCUT2D eigenvalue weighted by Crippen LogP contribution is -2.22. The number of nitrogens with one attached hydrogen (secondary N) is 2. The Morgan fingerprint density at radius 1 is 1.21 bits per heavy atom. The van der Waals surface area contributed by atoms with Crippen LogP contribution in [-0.4, -0.2) is 24.7 Å². The third-order valence-corrected chi connectivity index (χ3v) is 3.59. The van der Waals surface area contributed by atoms with Crippen molar-refractivity contribution >= 4 is 18.2 Å². The van der Waals surface area contributed by atoms with Gasteiger partial charge >= 0.3 is 0 Å². The Hall–Kier alpha value is -2.95. The first-order valence-electron chi connectivity index (χ1n) is 7.71. The second-order valence-corrected chi connectivity index (χ2v) is 5.49. The fraction of sp³-hybridized carbons (Fsp3) is 0.211. The Labute approximate surface area is 142 Å². The highest BCUT2D eigenvalue weighted by molar-refractivity contribution is 5.76. The van der Waals surface area contributed by atoms with E-state index in [1.165, 1.54) is 5.56 Å². The summed E-state index contributed by atoms with van der Waals surface area (Å²) in [6.45, 7) is 2.10. The number of phenols is 1. The van der Waals surface area contributed by atoms with Crippen LogP contribution < -0.4 is 15.4 Å². The van der Waals surface area contributed by atoms with Gasteiger partial charge in [0.05, 0.1) is 12.8 Å². The van der Waals surface area contributed by atoms with Gasteiger partial charge in [0.2, 0.25) is 6.41 Å². The Morgan fingerprint density at radius 3 is 2.62 bits per heavy atom. The summed E-state index contributed by atoms with van der Waals surface area (Å²) in [5.74, 6) is 0.895. The van der Waals surface area contributed by atoms with Crippen molar-refractivity contribution in [1.29, 1.82) is 0 Å². The molecule has 3 N–H and O–H groups in total. The summed E-state index contributed by atoms with van der Waals surface area (Å²) in [6.07, 6.45) is 5.19. The van der Waals surface area contributed by atoms with Gasteiger partial charge in [-0.25, -0.2) is 0 Å². The molecule has 0 heterocycles. The normalized spacial score (nSPS) is 11.9. The summed E-state index contributed by atoms with van der Waals surface area (Å²) in [4.78, 5) is 10.5. The molecular weight excluding hydrogens is 304 g/mol. The minimum Gasteiger partial charge on any atom is -0.506 e. The average Bonchev–Trinajstić information content (AvgIpc) is 2.58. The first-order valence-corrected chi connectivity index (χ1v) is 7.71. The third-order valence-electron chi connectivity index (χ3n) is 3.59. The van der Waals surface area contributed by atoms with Gasteiger partial charge in [-0.3, -0.25) is 4.79 Å². The lowest BCUT2D eigenvalue weighted by Gasteiger charge is -2.12. The number of carbonyl (C=O) groups excluding carboxylic acids is 1. The molecule has 1 amide bonds. The summed E-state index contributed by atoms with van der Waals surface area (Å²) in [7, 11) is 1.66. The molecule has 1 unspecified atom stereocenters. The number of amides is 1. The van der Waals surface area contributed by atoms with E-state index in [4.69, 9.17) is 4.74 Å². The smallest absolute Gasteiger partial charge is 0.211 e. The van der Waals surface area contributed by atoms with Crippen molar-refractivity contribution in [3.63, 3.8) is 0 Å². The molecule has 0 spiro atoms. The van der Waals surface area contributed by atoms with E-state index in [2.05, 4.69) is 29.7 Å². The summed E-state index contributed by atoms with van der Waals surface area (Å²) < 4.78 is 5.15. The minimum absolute atomic E-state index is 0.0417. The molecule has 0 aliphatic rings. The second-order valence-electron chi connectivity index (χ2n) is 5.49. The summed E-state index contributed by atoms with van der Waals surface area (Å²) >= 11 is 0. The number of rotatable bonds is 8. The van der Waals surface area contributed by atoms with Gasteiger partial charge in [0, 0.05) is 6.04 Å². The molecule has 24 heavy (non-hydrogen) atoms. The lowest BCUT2D eigenvalue weighted by atomic mass is 10.1. The molecule has 0 aromatic heterocycles. The summed E-state index contributed by atoms with van der Waals surface area (Å²) in [5.41, 5.74) is 2.49. The molecule has 2 aromatic carbocycles. The van der Waals surface area contributed by atoms with Gasteiger partial charge < -0.3 is 20.5 Å². The Kier molecular flexibility index (Phi) is 6.25. The van der Waals surface area contributed by atoms with Crippen molar-refractivity contribution in [2.24, 2.45) is 0 Å². The molecule has 0 saturated heterocycles. The van der Waals surface area contributed by atoms with E-state index < -0.39 is 0 Å². The van der Waals surface area contributed by atoms with Gasteiger partial charge in [-0.05, 0) is 61.0 Å². The quantitative estimate of drug-likeness (QED) is 0.515. The standard InChI is InChI=1S/C19H22N2O3/c1-14(11-15-3-6-17(24-2)7-4-15)20-10-9-16-5-8-19(23)18(12-16)21-13-22/h3-10,12-14,20,23H,11H2,1-2H3,(H,21,22)/b10-9+. The molecule has 2 rings (SSSR count). The molecule has 0 saturated carbocycles. The van der Waals surface area contributed by atoms with Crippen molar-refractivity contribution in [1.82, 2.24) is 5.32 Å². The molecule has 5 nitrogen and oxygen atoms in total. The van der Waals surface area contributed by atoms with Gasteiger partial charge in [0.1, 0.15) is 11.5 Å². The predicted octanol–water partition coefficient (Wildman–Crippen LogP) is 3.16. The van der Waals surface area contributed by atoms with E-state index in [0.29, 0.717) is 12.1 Å². The van der Waals surface area contributed by atoms with E-state index in [1.54, 1.807) is 25.3 Å². The zero-order valence-electron chi connectivity index (χ0n) is 13.8. The van der Waals surface area contributed by atoms with Gasteiger partial charge in [-0.1, -0.05) is 18.2 Å². The molecule has 0 aliphatic carbocycles. The van der Waals surface area contributed by atoms with Gasteiger partial charge in [-0.15, -0.1) is 0 Å². The van der Waals surface area contributed by atoms with Crippen LogP contribution in [0.4, 0.5) is 5.69 Å². The molecule has 0 fully saturated rings. The highest BCUT2D eigenvalue weighted by atomic mass is 16.5. The maximum atomic E-state index is 10.5. The van der Waals surface area contributed by atoms with Crippen LogP contribution in [-0.2, 0) is 11.2 Å². The topological polar surface area (TPSA) is 70.6 Å². The first-order chi connectivity index (χ1) is 11.6. The fourth-order valence-electron chi connectivity index (χ4n) is 2.32. The fourth-order valence-corrected chi connectivity index (χ4v) is 2.32. The van der Waals surface area contributed by atoms with Crippen LogP contribution in [0.15, 0.2) is 48.7 Å². The maximum Gasteiger partial charge on any atom is 0.211 e. The van der Waals surface area contributed by atoms with Crippen LogP contribution in [0.3, 0.4) is 0 Å². The summed E-state index contributed by atoms with van der Waals surface area (Å²) in [6, 6.07) is 13.3. The van der Waals surface area contributed by atoms with Crippen LogP contribution in [0.25, 0.3) is 6.08 Å². The molecule has 1 atom stereocenters. The minimum atomic E-state index is 0.0417. The van der Waals surface area contributed by atoms with Crippen LogP contribution in [0, 0.1) is 0 Å². The Morgan fingerprint density at radius 2 is 1.96 bits per heavy atom. The number of ether oxygens (including phenoxy) is 1. The van der Waals surface area contributed by atoms with Crippen molar-refractivity contribution < 1.29 is 14.6 Å². The van der Waals surface area contributed by atoms with E-state index in [1.807, 2.05) is 24.4 Å². The molecule has 2 aromatic rings. The molecular formula is C19H22N2O3. The van der Waals surface area contributed by atoms with E-state index >= 15 is 0 Å². The first kappa shape index (κ1) is 17.4. The Bertz CT molecular complexity index is 696. The highest BCUT2D eigenvalue weighted by Gasteiger charge is 2.02. The number of aromatic hydroxyl groups is 1. The molecule has 126 valence electrons. The van der Waals surface area contributed by atoms with Crippen molar-refractivity contribution in [3.05, 3.63) is 59.8 Å². The number of benzene rings is 2. The second kappa shape index (κ2) is 8.62. The number of carbonyl (C=O) groups is 1. The van der Waals surface area contributed by atoms with Crippen molar-refractivity contribution in [3.8, 4) is 11.5 Å². The zero-order valence-corrected chi connectivity index (χ0v) is 13.8. The van der Waals surface area contributed by atoms with Crippen LogP contribution in [0.2, 0.25) is 0 Å². The molecule has 0 aliphatic heterocycles. The number of methoxy groups -OCH3 is 1. The van der Waals surface area contributed by atoms with Gasteiger partial charge in [-0.2, -0.15) is 0 Å². The number of phenolic OH excluding ortho intramolecular Hbond substituents is 1. The maximum absolute atomic E-state index is 10.5. The van der Waals surface area contributed by atoms with Crippen LogP contribution in [0.1, 0.15) is 18.1 Å². The summed E-state index contributed by atoms with van der Waals surface area (Å²) in [5, 5.41) is 15.4. The number of hydrogen-bond acceptors (Lipinski definition) is 4. The van der Waals surface area contributed by atoms with E-state index in [0.717, 1.165) is 17.7 Å². The monoisotopic (exact) mass is 326 g/mol. The number of anilines is 1. The van der Waals surface area contributed by atoms with E-state index in [-0.39, 0.29) is 11.8 Å². The van der Waals surface area contributed by atoms with E-state index in [9.17, 15) is 9.90 Å². The third kappa shape index (κ3) is 5.05. The van der Waals surface area contributed by atoms with Gasteiger partial charge in [0.15, 0.2) is 0 Å². The highest BCUT2D eigenvalue weighted by Crippen LogP contribution is 2.24. The van der Waals surface area contributed by atoms with Crippen molar-refractivity contribution in [2.45, 2.75) is 19.4 Å². The average molecular weight is 326 g/mol. The largest absolute Gasteiger partial charge is 0.506 e. The lowest BCUT2D eigenvalue weighted by molar-refractivity contribution is -0.105. The number of hydrogen-bond donors (Lipinski definition) is 3. The van der Waals surface area contributed by atoms with Gasteiger partial charge in [0.25, 0.3) is 0 Å². The Balaban J connectivity index is 1.90. The molecule has 0 radical (unpaired) electrons. The van der Waals surface area contributed by atoms with Crippen LogP contribution >= 0.6 is 0 Å². The molecule has 0 bridgehead atoms. The van der Waals surface area contributed by atoms with Crippen LogP contribution in [0.5, 0.6) is 11.5 Å². The SMILES string of the molecule is COc1ccc(CC(C)N/C=C/c2ccc(O)c(NC=O)c2)cc1. The predicted molar refractivity (Wildman–Crippen MR) is 96.1 cm³/mol. The zero-order chi connectivity index (χ0) is 17.4. The molecule has 5 heteroatoms.